The predicted octanol–water partition coefficient (Wildman–Crippen LogP) is 4.18. The Bertz CT molecular complexity index is 1160. The van der Waals surface area contributed by atoms with Gasteiger partial charge in [-0.1, -0.05) is 15.9 Å². The first-order chi connectivity index (χ1) is 15.1. The van der Waals surface area contributed by atoms with E-state index in [1.54, 1.807) is 30.3 Å². The van der Waals surface area contributed by atoms with Crippen LogP contribution in [0.5, 0.6) is 5.75 Å². The van der Waals surface area contributed by atoms with E-state index >= 15 is 0 Å². The molecule has 0 radical (unpaired) electrons. The second-order valence-electron chi connectivity index (χ2n) is 6.57. The smallest absolute Gasteiger partial charge is 0.343 e. The number of aryl methyl sites for hydroxylation is 1. The number of urea groups is 1. The van der Waals surface area contributed by atoms with Crippen LogP contribution in [0.4, 0.5) is 10.5 Å². The van der Waals surface area contributed by atoms with Crippen molar-refractivity contribution in [2.24, 2.45) is 0 Å². The number of imide groups is 2. The van der Waals surface area contributed by atoms with Gasteiger partial charge in [-0.25, -0.2) is 14.5 Å². The number of barbiturate groups is 1. The Labute approximate surface area is 219 Å². The summed E-state index contributed by atoms with van der Waals surface area (Å²) in [6.07, 6.45) is 1.41. The minimum absolute atomic E-state index is 0.181. The third-order valence-electron chi connectivity index (χ3n) is 4.40. The SMILES string of the molecule is COC(=O)COc1c(I)cc(/C=C2\C(=O)NC(=O)N(c3ccc(Br)c(C)c3)C2=O)cc1I. The minimum Gasteiger partial charge on any atom is -0.480 e. The van der Waals surface area contributed by atoms with Gasteiger partial charge in [0.05, 0.1) is 19.9 Å². The van der Waals surface area contributed by atoms with Crippen molar-refractivity contribution in [3.05, 3.63) is 58.6 Å². The number of methoxy groups -OCH3 is 1. The zero-order chi connectivity index (χ0) is 23.6. The number of hydrogen-bond acceptors (Lipinski definition) is 6. The summed E-state index contributed by atoms with van der Waals surface area (Å²) in [5.74, 6) is -1.53. The van der Waals surface area contributed by atoms with Crippen LogP contribution in [0, 0.1) is 14.1 Å². The molecule has 166 valence electrons. The number of benzene rings is 2. The maximum Gasteiger partial charge on any atom is 0.343 e. The molecule has 1 N–H and O–H groups in total. The van der Waals surface area contributed by atoms with Gasteiger partial charge < -0.3 is 9.47 Å². The van der Waals surface area contributed by atoms with Gasteiger partial charge >= 0.3 is 12.0 Å². The van der Waals surface area contributed by atoms with E-state index in [1.807, 2.05) is 52.1 Å². The molecule has 11 heteroatoms. The Morgan fingerprint density at radius 3 is 2.41 bits per heavy atom. The van der Waals surface area contributed by atoms with Gasteiger partial charge in [-0.2, -0.15) is 0 Å². The molecule has 1 aliphatic rings. The number of amides is 4. The average molecular weight is 725 g/mol. The molecule has 0 aromatic heterocycles. The maximum atomic E-state index is 13.1. The third-order valence-corrected chi connectivity index (χ3v) is 6.89. The maximum absolute atomic E-state index is 13.1. The summed E-state index contributed by atoms with van der Waals surface area (Å²) in [5, 5.41) is 2.21. The van der Waals surface area contributed by atoms with E-state index in [-0.39, 0.29) is 12.2 Å². The van der Waals surface area contributed by atoms with Crippen molar-refractivity contribution in [2.75, 3.05) is 18.6 Å². The van der Waals surface area contributed by atoms with Crippen LogP contribution in [0.25, 0.3) is 6.08 Å². The highest BCUT2D eigenvalue weighted by Crippen LogP contribution is 2.31. The molecule has 0 saturated carbocycles. The fraction of sp³-hybridized carbons (Fsp3) is 0.143. The fourth-order valence-corrected chi connectivity index (χ4v) is 5.19. The molecule has 4 amide bonds. The summed E-state index contributed by atoms with van der Waals surface area (Å²) in [6.45, 7) is 1.59. The molecule has 0 bridgehead atoms. The molecule has 2 aromatic rings. The van der Waals surface area contributed by atoms with Crippen molar-refractivity contribution in [3.8, 4) is 5.75 Å². The molecule has 0 spiro atoms. The van der Waals surface area contributed by atoms with Gasteiger partial charge in [-0.15, -0.1) is 0 Å². The topological polar surface area (TPSA) is 102 Å². The summed E-state index contributed by atoms with van der Waals surface area (Å²) >= 11 is 7.45. The highest BCUT2D eigenvalue weighted by Gasteiger charge is 2.37. The van der Waals surface area contributed by atoms with Crippen LogP contribution in [0.3, 0.4) is 0 Å². The molecule has 0 atom stereocenters. The third kappa shape index (κ3) is 5.31. The average Bonchev–Trinajstić information content (AvgIpc) is 2.72. The molecule has 1 saturated heterocycles. The number of anilines is 1. The predicted molar refractivity (Wildman–Crippen MR) is 137 cm³/mol. The lowest BCUT2D eigenvalue weighted by Crippen LogP contribution is -2.54. The van der Waals surface area contributed by atoms with Crippen LogP contribution in [0.1, 0.15) is 11.1 Å². The van der Waals surface area contributed by atoms with Crippen LogP contribution in [-0.4, -0.2) is 37.5 Å². The number of nitrogens with zero attached hydrogens (tertiary/aromatic N) is 1. The van der Waals surface area contributed by atoms with Crippen LogP contribution in [-0.2, 0) is 19.1 Å². The lowest BCUT2D eigenvalue weighted by Gasteiger charge is -2.26. The van der Waals surface area contributed by atoms with E-state index in [1.165, 1.54) is 13.2 Å². The highest BCUT2D eigenvalue weighted by molar-refractivity contribution is 14.1. The van der Waals surface area contributed by atoms with E-state index in [9.17, 15) is 19.2 Å². The van der Waals surface area contributed by atoms with Crippen molar-refractivity contribution < 1.29 is 28.7 Å². The van der Waals surface area contributed by atoms with Crippen molar-refractivity contribution in [1.29, 1.82) is 0 Å². The molecule has 8 nitrogen and oxygen atoms in total. The van der Waals surface area contributed by atoms with Crippen LogP contribution < -0.4 is 15.0 Å². The number of nitrogens with one attached hydrogen (secondary N) is 1. The summed E-state index contributed by atoms with van der Waals surface area (Å²) in [4.78, 5) is 50.2. The van der Waals surface area contributed by atoms with Crippen molar-refractivity contribution in [1.82, 2.24) is 5.32 Å². The van der Waals surface area contributed by atoms with Crippen molar-refractivity contribution >= 4 is 96.7 Å². The van der Waals surface area contributed by atoms with Crippen molar-refractivity contribution in [3.63, 3.8) is 0 Å². The van der Waals surface area contributed by atoms with Crippen LogP contribution in [0.2, 0.25) is 0 Å². The molecule has 0 aliphatic carbocycles. The minimum atomic E-state index is -0.811. The Morgan fingerprint density at radius 2 is 1.81 bits per heavy atom. The first kappa shape index (κ1) is 24.6. The van der Waals surface area contributed by atoms with E-state index in [0.717, 1.165) is 14.9 Å². The number of carbonyl (C=O) groups excluding carboxylic acids is 4. The fourth-order valence-electron chi connectivity index (χ4n) is 2.82. The zero-order valence-electron chi connectivity index (χ0n) is 16.7. The molecule has 1 fully saturated rings. The molecule has 1 aliphatic heterocycles. The Hall–Kier alpha value is -2.00. The summed E-state index contributed by atoms with van der Waals surface area (Å²) in [5.41, 5.74) is 1.56. The van der Waals surface area contributed by atoms with Gasteiger partial charge in [0, 0.05) is 4.47 Å². The number of halogens is 3. The second kappa shape index (κ2) is 10.3. The largest absolute Gasteiger partial charge is 0.480 e. The molecule has 3 rings (SSSR count). The Morgan fingerprint density at radius 1 is 1.16 bits per heavy atom. The molecular weight excluding hydrogens is 710 g/mol. The monoisotopic (exact) mass is 724 g/mol. The van der Waals surface area contributed by atoms with Gasteiger partial charge in [0.15, 0.2) is 6.61 Å². The lowest BCUT2D eigenvalue weighted by atomic mass is 10.1. The number of carbonyl (C=O) groups is 4. The molecule has 32 heavy (non-hydrogen) atoms. The quantitative estimate of drug-likeness (QED) is 0.215. The van der Waals surface area contributed by atoms with E-state index in [2.05, 4.69) is 26.0 Å². The number of rotatable bonds is 5. The summed E-state index contributed by atoms with van der Waals surface area (Å²) in [7, 11) is 1.27. The first-order valence-electron chi connectivity index (χ1n) is 8.98. The molecular formula is C21H15BrI2N2O6. The van der Waals surface area contributed by atoms with Crippen LogP contribution >= 0.6 is 61.1 Å². The van der Waals surface area contributed by atoms with E-state index in [0.29, 0.717) is 24.1 Å². The van der Waals surface area contributed by atoms with E-state index < -0.39 is 23.8 Å². The van der Waals surface area contributed by atoms with Crippen LogP contribution in [0.15, 0.2) is 40.4 Å². The van der Waals surface area contributed by atoms with Gasteiger partial charge in [0.25, 0.3) is 11.8 Å². The molecule has 0 unspecified atom stereocenters. The number of hydrogen-bond donors (Lipinski definition) is 1. The summed E-state index contributed by atoms with van der Waals surface area (Å²) in [6, 6.07) is 7.61. The summed E-state index contributed by atoms with van der Waals surface area (Å²) < 4.78 is 12.3. The molecule has 2 aromatic carbocycles. The van der Waals surface area contributed by atoms with Gasteiger partial charge in [-0.05, 0) is 99.6 Å². The second-order valence-corrected chi connectivity index (χ2v) is 9.75. The lowest BCUT2D eigenvalue weighted by molar-refractivity contribution is -0.143. The Kier molecular flexibility index (Phi) is 7.92. The highest BCUT2D eigenvalue weighted by atomic mass is 127. The standard InChI is InChI=1S/C21H15BrI2N2O6/c1-10-5-12(3-4-14(10)22)26-20(29)13(19(28)25-21(26)30)6-11-7-15(23)18(16(24)8-11)32-9-17(27)31-2/h3-8H,9H2,1-2H3,(H,25,28,30)/b13-6+. The first-order valence-corrected chi connectivity index (χ1v) is 11.9. The van der Waals surface area contributed by atoms with Gasteiger partial charge in [-0.3, -0.25) is 14.9 Å². The van der Waals surface area contributed by atoms with Crippen molar-refractivity contribution in [2.45, 2.75) is 6.92 Å². The number of ether oxygens (including phenoxy) is 2. The Balaban J connectivity index is 1.95. The normalized spacial score (nSPS) is 15.1. The molecule has 1 heterocycles. The van der Waals surface area contributed by atoms with Gasteiger partial charge in [0.1, 0.15) is 11.3 Å². The van der Waals surface area contributed by atoms with Gasteiger partial charge in [0.2, 0.25) is 0 Å². The number of esters is 1. The zero-order valence-corrected chi connectivity index (χ0v) is 22.6. The van der Waals surface area contributed by atoms with E-state index in [4.69, 9.17) is 4.74 Å².